The van der Waals surface area contributed by atoms with E-state index in [-0.39, 0.29) is 29.5 Å². The Bertz CT molecular complexity index is 1630. The molecule has 0 spiro atoms. The summed E-state index contributed by atoms with van der Waals surface area (Å²) in [5, 5.41) is 3.02. The Morgan fingerprint density at radius 3 is 2.02 bits per heavy atom. The van der Waals surface area contributed by atoms with Crippen molar-refractivity contribution in [3.05, 3.63) is 130 Å². The first-order chi connectivity index (χ1) is 20.1. The van der Waals surface area contributed by atoms with E-state index in [9.17, 15) is 18.0 Å². The zero-order valence-electron chi connectivity index (χ0n) is 23.8. The van der Waals surface area contributed by atoms with Gasteiger partial charge in [-0.1, -0.05) is 96.0 Å². The van der Waals surface area contributed by atoms with Crippen LogP contribution in [0.2, 0.25) is 5.02 Å². The smallest absolute Gasteiger partial charge is 0.264 e. The lowest BCUT2D eigenvalue weighted by molar-refractivity contribution is -0.139. The lowest BCUT2D eigenvalue weighted by atomic mass is 10.0. The number of sulfonamides is 1. The Hall–Kier alpha value is -4.14. The van der Waals surface area contributed by atoms with Crippen LogP contribution in [0.1, 0.15) is 22.3 Å². The molecule has 1 atom stereocenters. The molecule has 0 radical (unpaired) electrons. The number of halogens is 1. The highest BCUT2D eigenvalue weighted by Gasteiger charge is 2.34. The maximum absolute atomic E-state index is 14.3. The number of aryl methyl sites for hydroxylation is 2. The molecule has 9 heteroatoms. The van der Waals surface area contributed by atoms with E-state index in [2.05, 4.69) is 5.32 Å². The van der Waals surface area contributed by atoms with Gasteiger partial charge in [0, 0.05) is 25.0 Å². The third-order valence-corrected chi connectivity index (χ3v) is 9.05. The molecule has 1 N–H and O–H groups in total. The summed E-state index contributed by atoms with van der Waals surface area (Å²) in [7, 11) is -2.67. The summed E-state index contributed by atoms with van der Waals surface area (Å²) < 4.78 is 29.3. The minimum atomic E-state index is -4.20. The Morgan fingerprint density at radius 2 is 1.43 bits per heavy atom. The predicted molar refractivity (Wildman–Crippen MR) is 167 cm³/mol. The highest BCUT2D eigenvalue weighted by Crippen LogP contribution is 2.30. The van der Waals surface area contributed by atoms with Gasteiger partial charge in [0.25, 0.3) is 10.0 Å². The average molecular weight is 604 g/mol. The fourth-order valence-electron chi connectivity index (χ4n) is 4.70. The van der Waals surface area contributed by atoms with Crippen LogP contribution in [0, 0.1) is 13.8 Å². The van der Waals surface area contributed by atoms with Crippen LogP contribution in [-0.4, -0.2) is 44.8 Å². The molecule has 4 rings (SSSR count). The summed E-state index contributed by atoms with van der Waals surface area (Å²) in [6.45, 7) is 3.20. The molecule has 0 aromatic heterocycles. The second kappa shape index (κ2) is 13.7. The predicted octanol–water partition coefficient (Wildman–Crippen LogP) is 5.54. The minimum Gasteiger partial charge on any atom is -0.357 e. The van der Waals surface area contributed by atoms with Crippen molar-refractivity contribution in [3.8, 4) is 0 Å². The highest BCUT2D eigenvalue weighted by molar-refractivity contribution is 7.92. The minimum absolute atomic E-state index is 0.0435. The van der Waals surface area contributed by atoms with Gasteiger partial charge in [-0.2, -0.15) is 0 Å². The molecule has 0 aliphatic rings. The third-order valence-electron chi connectivity index (χ3n) is 7.04. The number of carbonyl (C=O) groups excluding carboxylic acids is 2. The van der Waals surface area contributed by atoms with E-state index in [4.69, 9.17) is 11.6 Å². The zero-order valence-corrected chi connectivity index (χ0v) is 25.4. The summed E-state index contributed by atoms with van der Waals surface area (Å²) in [5.41, 5.74) is 3.49. The summed E-state index contributed by atoms with van der Waals surface area (Å²) in [5.74, 6) is -0.881. The molecule has 0 saturated carbocycles. The van der Waals surface area contributed by atoms with Crippen LogP contribution in [0.25, 0.3) is 0 Å². The van der Waals surface area contributed by atoms with Gasteiger partial charge in [-0.25, -0.2) is 8.42 Å². The van der Waals surface area contributed by atoms with Crippen molar-refractivity contribution < 1.29 is 18.0 Å². The lowest BCUT2D eigenvalue weighted by Crippen LogP contribution is -2.53. The molecule has 0 aliphatic carbocycles. The number of benzene rings is 4. The SMILES string of the molecule is CNC(=O)[C@H](Cc1ccccc1)N(Cc1ccccc1)C(=O)CN(c1cc(Cl)ccc1C)S(=O)(=O)c1ccc(C)cc1. The average Bonchev–Trinajstić information content (AvgIpc) is 2.99. The molecular weight excluding hydrogens is 570 g/mol. The summed E-state index contributed by atoms with van der Waals surface area (Å²) >= 11 is 6.32. The number of likely N-dealkylation sites (N-methyl/N-ethyl adjacent to an activating group) is 1. The van der Waals surface area contributed by atoms with Gasteiger partial charge in [0.2, 0.25) is 11.8 Å². The standard InChI is InChI=1S/C33H34ClN3O4S/c1-24-14-18-29(19-15-24)42(40,41)37(30-21-28(34)17-16-25(30)2)23-32(38)36(22-27-12-8-5-9-13-27)31(33(39)35-3)20-26-10-6-4-7-11-26/h4-19,21,31H,20,22-23H2,1-3H3,(H,35,39)/t31-/m0/s1. The lowest BCUT2D eigenvalue weighted by Gasteiger charge is -2.34. The summed E-state index contributed by atoms with van der Waals surface area (Å²) in [4.78, 5) is 29.1. The number of nitrogens with one attached hydrogen (secondary N) is 1. The van der Waals surface area contributed by atoms with Gasteiger partial charge in [-0.15, -0.1) is 0 Å². The van der Waals surface area contributed by atoms with Gasteiger partial charge in [-0.3, -0.25) is 13.9 Å². The van der Waals surface area contributed by atoms with Crippen molar-refractivity contribution in [3.63, 3.8) is 0 Å². The van der Waals surface area contributed by atoms with Crippen LogP contribution in [-0.2, 0) is 32.6 Å². The van der Waals surface area contributed by atoms with Crippen molar-refractivity contribution >= 4 is 39.1 Å². The van der Waals surface area contributed by atoms with Gasteiger partial charge in [-0.05, 0) is 54.8 Å². The third kappa shape index (κ3) is 7.38. The fraction of sp³-hybridized carbons (Fsp3) is 0.212. The molecular formula is C33H34ClN3O4S. The van der Waals surface area contributed by atoms with E-state index in [1.807, 2.05) is 67.6 Å². The molecule has 0 heterocycles. The van der Waals surface area contributed by atoms with Crippen molar-refractivity contribution in [2.75, 3.05) is 17.9 Å². The monoisotopic (exact) mass is 603 g/mol. The van der Waals surface area contributed by atoms with E-state index in [1.165, 1.54) is 30.1 Å². The van der Waals surface area contributed by atoms with E-state index in [1.54, 1.807) is 31.2 Å². The number of rotatable bonds is 11. The van der Waals surface area contributed by atoms with Crippen LogP contribution in [0.5, 0.6) is 0 Å². The molecule has 4 aromatic rings. The molecule has 4 aromatic carbocycles. The molecule has 218 valence electrons. The molecule has 0 bridgehead atoms. The van der Waals surface area contributed by atoms with Crippen LogP contribution < -0.4 is 9.62 Å². The van der Waals surface area contributed by atoms with Crippen molar-refractivity contribution in [1.29, 1.82) is 0 Å². The number of nitrogens with zero attached hydrogens (tertiary/aromatic N) is 2. The zero-order chi connectivity index (χ0) is 30.3. The van der Waals surface area contributed by atoms with Crippen molar-refractivity contribution in [2.45, 2.75) is 37.8 Å². The van der Waals surface area contributed by atoms with Gasteiger partial charge < -0.3 is 10.2 Å². The molecule has 0 unspecified atom stereocenters. The van der Waals surface area contributed by atoms with E-state index in [0.717, 1.165) is 21.0 Å². The molecule has 2 amide bonds. The van der Waals surface area contributed by atoms with Gasteiger partial charge in [0.05, 0.1) is 10.6 Å². The van der Waals surface area contributed by atoms with E-state index < -0.39 is 28.5 Å². The van der Waals surface area contributed by atoms with Crippen LogP contribution >= 0.6 is 11.6 Å². The number of amides is 2. The number of carbonyl (C=O) groups is 2. The first kappa shape index (κ1) is 30.8. The fourth-order valence-corrected chi connectivity index (χ4v) is 6.34. The maximum Gasteiger partial charge on any atom is 0.264 e. The van der Waals surface area contributed by atoms with Gasteiger partial charge in [0.1, 0.15) is 12.6 Å². The van der Waals surface area contributed by atoms with E-state index >= 15 is 0 Å². The molecule has 7 nitrogen and oxygen atoms in total. The number of hydrogen-bond donors (Lipinski definition) is 1. The second-order valence-corrected chi connectivity index (χ2v) is 12.4. The maximum atomic E-state index is 14.3. The molecule has 0 saturated heterocycles. The van der Waals surface area contributed by atoms with Gasteiger partial charge in [0.15, 0.2) is 0 Å². The van der Waals surface area contributed by atoms with Crippen molar-refractivity contribution in [2.24, 2.45) is 0 Å². The summed E-state index contributed by atoms with van der Waals surface area (Å²) in [6, 6.07) is 29.2. The van der Waals surface area contributed by atoms with Crippen LogP contribution in [0.3, 0.4) is 0 Å². The first-order valence-corrected chi connectivity index (χ1v) is 15.4. The molecule has 0 aliphatic heterocycles. The normalized spacial score (nSPS) is 11.9. The quantitative estimate of drug-likeness (QED) is 0.244. The van der Waals surface area contributed by atoms with Gasteiger partial charge >= 0.3 is 0 Å². The Kier molecular flexibility index (Phi) is 10.0. The number of anilines is 1. The number of hydrogen-bond acceptors (Lipinski definition) is 4. The topological polar surface area (TPSA) is 86.8 Å². The van der Waals surface area contributed by atoms with Crippen molar-refractivity contribution in [1.82, 2.24) is 10.2 Å². The molecule has 42 heavy (non-hydrogen) atoms. The Labute approximate surface area is 252 Å². The second-order valence-electron chi connectivity index (χ2n) is 10.1. The van der Waals surface area contributed by atoms with E-state index in [0.29, 0.717) is 10.6 Å². The Morgan fingerprint density at radius 1 is 0.833 bits per heavy atom. The first-order valence-electron chi connectivity index (χ1n) is 13.5. The van der Waals surface area contributed by atoms with Crippen LogP contribution in [0.15, 0.2) is 108 Å². The summed E-state index contributed by atoms with van der Waals surface area (Å²) in [6.07, 6.45) is 0.250. The van der Waals surface area contributed by atoms with Crippen LogP contribution in [0.4, 0.5) is 5.69 Å². The Balaban J connectivity index is 1.81. The highest BCUT2D eigenvalue weighted by atomic mass is 35.5. The largest absolute Gasteiger partial charge is 0.357 e. The molecule has 0 fully saturated rings.